The van der Waals surface area contributed by atoms with E-state index in [0.717, 1.165) is 12.8 Å². The quantitative estimate of drug-likeness (QED) is 0.667. The van der Waals surface area contributed by atoms with Gasteiger partial charge in [0.15, 0.2) is 0 Å². The molecule has 2 aliphatic carbocycles. The molecule has 0 aromatic carbocycles. The van der Waals surface area contributed by atoms with E-state index in [4.69, 9.17) is 0 Å². The van der Waals surface area contributed by atoms with Gasteiger partial charge in [0, 0.05) is 0 Å². The van der Waals surface area contributed by atoms with Crippen LogP contribution in [0.5, 0.6) is 0 Å². The van der Waals surface area contributed by atoms with Crippen molar-refractivity contribution in [3.8, 4) is 0 Å². The summed E-state index contributed by atoms with van der Waals surface area (Å²) in [5.41, 5.74) is 3.95. The monoisotopic (exact) mass is 222 g/mol. The zero-order valence-electron chi connectivity index (χ0n) is 11.4. The molecule has 0 saturated carbocycles. The molecule has 92 valence electrons. The third-order valence-electron chi connectivity index (χ3n) is 5.12. The summed E-state index contributed by atoms with van der Waals surface area (Å²) >= 11 is 0. The molecule has 0 radical (unpaired) electrons. The van der Waals surface area contributed by atoms with E-state index < -0.39 is 0 Å². The lowest BCUT2D eigenvalue weighted by Crippen LogP contribution is -2.27. The van der Waals surface area contributed by atoms with E-state index in [1.807, 2.05) is 0 Å². The Morgan fingerprint density at radius 1 is 1.19 bits per heavy atom. The van der Waals surface area contributed by atoms with Crippen LogP contribution >= 0.6 is 0 Å². The minimum Gasteiger partial charge on any atom is -0.393 e. The Balaban J connectivity index is 2.42. The van der Waals surface area contributed by atoms with Gasteiger partial charge in [-0.2, -0.15) is 0 Å². The standard InChI is InChI=1S/C15H26O/c1-6-15(5)9-14(3,4)11-8-13(16)10(2)7-12(11)15/h10,13,16H,6-9H2,1-5H3. The van der Waals surface area contributed by atoms with Crippen LogP contribution in [0.15, 0.2) is 11.1 Å². The average Bonchev–Trinajstić information content (AvgIpc) is 2.38. The maximum atomic E-state index is 10.1. The molecule has 0 aromatic rings. The molecule has 0 amide bonds. The van der Waals surface area contributed by atoms with Crippen molar-refractivity contribution in [1.29, 1.82) is 0 Å². The van der Waals surface area contributed by atoms with Crippen molar-refractivity contribution in [2.75, 3.05) is 0 Å². The summed E-state index contributed by atoms with van der Waals surface area (Å²) in [7, 11) is 0. The second-order valence-electron chi connectivity index (χ2n) is 6.88. The first-order valence-corrected chi connectivity index (χ1v) is 6.71. The lowest BCUT2D eigenvalue weighted by Gasteiger charge is -2.34. The van der Waals surface area contributed by atoms with Crippen LogP contribution < -0.4 is 0 Å². The molecule has 3 atom stereocenters. The molecular weight excluding hydrogens is 196 g/mol. The van der Waals surface area contributed by atoms with E-state index in [0.29, 0.717) is 16.7 Å². The number of aliphatic hydroxyl groups excluding tert-OH is 1. The molecule has 0 aliphatic heterocycles. The van der Waals surface area contributed by atoms with Gasteiger partial charge in [0.1, 0.15) is 0 Å². The fourth-order valence-corrected chi connectivity index (χ4v) is 3.94. The van der Waals surface area contributed by atoms with Crippen LogP contribution in [0, 0.1) is 16.7 Å². The van der Waals surface area contributed by atoms with Crippen molar-refractivity contribution in [2.24, 2.45) is 16.7 Å². The predicted molar refractivity (Wildman–Crippen MR) is 68.2 cm³/mol. The van der Waals surface area contributed by atoms with Gasteiger partial charge in [0.25, 0.3) is 0 Å². The summed E-state index contributed by atoms with van der Waals surface area (Å²) in [5, 5.41) is 10.1. The number of allylic oxidation sites excluding steroid dienone is 1. The maximum Gasteiger partial charge on any atom is 0.0606 e. The summed E-state index contributed by atoms with van der Waals surface area (Å²) in [5.74, 6) is 0.443. The smallest absolute Gasteiger partial charge is 0.0606 e. The van der Waals surface area contributed by atoms with E-state index >= 15 is 0 Å². The molecule has 0 aromatic heterocycles. The van der Waals surface area contributed by atoms with Gasteiger partial charge in [0.2, 0.25) is 0 Å². The Labute approximate surface area is 99.9 Å². The van der Waals surface area contributed by atoms with Crippen LogP contribution in [-0.4, -0.2) is 11.2 Å². The van der Waals surface area contributed by atoms with Gasteiger partial charge in [-0.1, -0.05) is 45.8 Å². The Morgan fingerprint density at radius 3 is 2.38 bits per heavy atom. The normalized spacial score (nSPS) is 42.4. The zero-order chi connectivity index (χ0) is 12.1. The molecule has 0 bridgehead atoms. The minimum absolute atomic E-state index is 0.114. The van der Waals surface area contributed by atoms with Crippen LogP contribution in [0.25, 0.3) is 0 Å². The molecule has 1 nitrogen and oxygen atoms in total. The Hall–Kier alpha value is -0.300. The van der Waals surface area contributed by atoms with Gasteiger partial charge in [-0.3, -0.25) is 0 Å². The zero-order valence-corrected chi connectivity index (χ0v) is 11.4. The molecule has 0 heterocycles. The average molecular weight is 222 g/mol. The van der Waals surface area contributed by atoms with Crippen LogP contribution in [0.3, 0.4) is 0 Å². The van der Waals surface area contributed by atoms with Crippen LogP contribution in [0.1, 0.15) is 60.3 Å². The minimum atomic E-state index is -0.114. The molecular formula is C15H26O. The second-order valence-corrected chi connectivity index (χ2v) is 6.88. The highest BCUT2D eigenvalue weighted by Gasteiger charge is 2.48. The van der Waals surface area contributed by atoms with E-state index in [1.165, 1.54) is 12.8 Å². The lowest BCUT2D eigenvalue weighted by molar-refractivity contribution is 0.103. The highest BCUT2D eigenvalue weighted by Crippen LogP contribution is 2.59. The molecule has 2 rings (SSSR count). The first kappa shape index (κ1) is 12.2. The van der Waals surface area contributed by atoms with Crippen molar-refractivity contribution in [3.63, 3.8) is 0 Å². The van der Waals surface area contributed by atoms with Gasteiger partial charge >= 0.3 is 0 Å². The van der Waals surface area contributed by atoms with Crippen molar-refractivity contribution >= 4 is 0 Å². The first-order chi connectivity index (χ1) is 7.30. The molecule has 0 spiro atoms. The molecule has 3 unspecified atom stereocenters. The van der Waals surface area contributed by atoms with Crippen molar-refractivity contribution in [2.45, 2.75) is 66.4 Å². The lowest BCUT2D eigenvalue weighted by atomic mass is 9.73. The highest BCUT2D eigenvalue weighted by atomic mass is 16.3. The van der Waals surface area contributed by atoms with Gasteiger partial charge < -0.3 is 5.11 Å². The Kier molecular flexibility index (Phi) is 2.73. The summed E-state index contributed by atoms with van der Waals surface area (Å²) in [6, 6.07) is 0. The fraction of sp³-hybridized carbons (Fsp3) is 0.867. The maximum absolute atomic E-state index is 10.1. The number of rotatable bonds is 1. The summed E-state index contributed by atoms with van der Waals surface area (Å²) < 4.78 is 0. The topological polar surface area (TPSA) is 20.2 Å². The van der Waals surface area contributed by atoms with Crippen molar-refractivity contribution in [3.05, 3.63) is 11.1 Å². The number of hydrogen-bond donors (Lipinski definition) is 1. The van der Waals surface area contributed by atoms with Crippen LogP contribution in [0.2, 0.25) is 0 Å². The second kappa shape index (κ2) is 3.60. The largest absolute Gasteiger partial charge is 0.393 e. The Bertz CT molecular complexity index is 326. The van der Waals surface area contributed by atoms with Crippen molar-refractivity contribution < 1.29 is 5.11 Å². The first-order valence-electron chi connectivity index (χ1n) is 6.71. The van der Waals surface area contributed by atoms with Crippen molar-refractivity contribution in [1.82, 2.24) is 0 Å². The molecule has 1 N–H and O–H groups in total. The molecule has 2 aliphatic rings. The predicted octanol–water partition coefficient (Wildman–Crippen LogP) is 3.92. The fourth-order valence-electron chi connectivity index (χ4n) is 3.94. The number of aliphatic hydroxyl groups is 1. The molecule has 16 heavy (non-hydrogen) atoms. The Morgan fingerprint density at radius 2 is 1.81 bits per heavy atom. The highest BCUT2D eigenvalue weighted by molar-refractivity contribution is 5.36. The number of hydrogen-bond acceptors (Lipinski definition) is 1. The van der Waals surface area contributed by atoms with Gasteiger partial charge in [-0.25, -0.2) is 0 Å². The van der Waals surface area contributed by atoms with E-state index in [9.17, 15) is 5.11 Å². The molecule has 0 saturated heterocycles. The van der Waals surface area contributed by atoms with Gasteiger partial charge in [-0.05, 0) is 42.4 Å². The molecule has 1 heteroatoms. The summed E-state index contributed by atoms with van der Waals surface area (Å²) in [6.07, 6.45) is 4.42. The van der Waals surface area contributed by atoms with E-state index in [1.54, 1.807) is 11.1 Å². The molecule has 0 fully saturated rings. The third-order valence-corrected chi connectivity index (χ3v) is 5.12. The third kappa shape index (κ3) is 1.64. The van der Waals surface area contributed by atoms with Crippen LogP contribution in [0.4, 0.5) is 0 Å². The summed E-state index contributed by atoms with van der Waals surface area (Å²) in [4.78, 5) is 0. The van der Waals surface area contributed by atoms with E-state index in [2.05, 4.69) is 34.6 Å². The SMILES string of the molecule is CCC1(C)CC(C)(C)C2=C1CC(C)C(O)C2. The van der Waals surface area contributed by atoms with Gasteiger partial charge in [-0.15, -0.1) is 0 Å². The van der Waals surface area contributed by atoms with E-state index in [-0.39, 0.29) is 6.10 Å². The van der Waals surface area contributed by atoms with Gasteiger partial charge in [0.05, 0.1) is 6.10 Å². The van der Waals surface area contributed by atoms with Crippen LogP contribution in [-0.2, 0) is 0 Å². The summed E-state index contributed by atoms with van der Waals surface area (Å²) in [6.45, 7) is 11.6.